The van der Waals surface area contributed by atoms with Crippen molar-refractivity contribution in [3.8, 4) is 5.75 Å². The van der Waals surface area contributed by atoms with Crippen molar-refractivity contribution in [2.24, 2.45) is 5.73 Å². The van der Waals surface area contributed by atoms with Crippen LogP contribution in [0.15, 0.2) is 18.3 Å². The quantitative estimate of drug-likeness (QED) is 0.421. The van der Waals surface area contributed by atoms with Crippen molar-refractivity contribution in [3.63, 3.8) is 0 Å². The number of aromatic hydroxyl groups is 1. The number of phenols is 1. The fraction of sp³-hybridized carbons (Fsp3) is 0.308. The second-order valence-corrected chi connectivity index (χ2v) is 4.74. The lowest BCUT2D eigenvalue weighted by atomic mass is 10.2. The molecular weight excluding hydrogens is 312 g/mol. The number of hydrogen-bond donors (Lipinski definition) is 3. The zero-order chi connectivity index (χ0) is 16.1. The van der Waals surface area contributed by atoms with Crippen LogP contribution in [0.1, 0.15) is 6.42 Å². The van der Waals surface area contributed by atoms with Gasteiger partial charge < -0.3 is 20.9 Å². The van der Waals surface area contributed by atoms with Gasteiger partial charge in [0, 0.05) is 18.4 Å². The molecule has 118 valence electrons. The van der Waals surface area contributed by atoms with Crippen LogP contribution in [0.25, 0.3) is 10.9 Å². The Kier molecular flexibility index (Phi) is 5.05. The van der Waals surface area contributed by atoms with E-state index in [1.807, 2.05) is 0 Å². The van der Waals surface area contributed by atoms with Crippen LogP contribution in [0.3, 0.4) is 0 Å². The molecule has 0 radical (unpaired) electrons. The van der Waals surface area contributed by atoms with Gasteiger partial charge in [-0.25, -0.2) is 4.79 Å². The van der Waals surface area contributed by atoms with Crippen LogP contribution in [0.2, 0.25) is 0 Å². The van der Waals surface area contributed by atoms with Crippen LogP contribution in [0.5, 0.6) is 5.75 Å². The Bertz CT molecular complexity index is 701. The maximum atomic E-state index is 11.5. The number of anilines is 1. The molecule has 0 atom stereocenters. The fourth-order valence-corrected chi connectivity index (χ4v) is 2.09. The van der Waals surface area contributed by atoms with E-state index >= 15 is 0 Å². The average molecular weight is 327 g/mol. The molecule has 9 heteroatoms. The summed E-state index contributed by atoms with van der Waals surface area (Å²) in [5.74, 6) is -0.744. The number of nitrogens with two attached hydrogens (primary N) is 1. The highest BCUT2D eigenvalue weighted by Gasteiger charge is 2.14. The molecule has 0 fully saturated rings. The minimum atomic E-state index is -0.835. The molecule has 2 rings (SSSR count). The van der Waals surface area contributed by atoms with Gasteiger partial charge in [0.2, 0.25) is 5.91 Å². The van der Waals surface area contributed by atoms with Crippen molar-refractivity contribution < 1.29 is 19.4 Å². The van der Waals surface area contributed by atoms with Crippen molar-refractivity contribution in [2.45, 2.75) is 13.0 Å². The number of benzene rings is 1. The van der Waals surface area contributed by atoms with Crippen LogP contribution in [-0.4, -0.2) is 39.4 Å². The highest BCUT2D eigenvalue weighted by atomic mass is 35.5. The number of alkyl halides is 1. The van der Waals surface area contributed by atoms with Crippen LogP contribution in [-0.2, 0) is 16.1 Å². The van der Waals surface area contributed by atoms with Gasteiger partial charge in [-0.05, 0) is 12.1 Å². The van der Waals surface area contributed by atoms with Crippen molar-refractivity contribution in [1.29, 1.82) is 0 Å². The van der Waals surface area contributed by atoms with Gasteiger partial charge in [-0.3, -0.25) is 9.48 Å². The van der Waals surface area contributed by atoms with Crippen molar-refractivity contribution >= 4 is 40.2 Å². The van der Waals surface area contributed by atoms with Crippen LogP contribution in [0.4, 0.5) is 10.5 Å². The summed E-state index contributed by atoms with van der Waals surface area (Å²) >= 11 is 5.47. The number of aromatic nitrogens is 2. The molecule has 0 unspecified atom stereocenters. The third-order valence-electron chi connectivity index (χ3n) is 2.93. The highest BCUT2D eigenvalue weighted by molar-refractivity contribution is 6.29. The monoisotopic (exact) mass is 326 g/mol. The summed E-state index contributed by atoms with van der Waals surface area (Å²) in [4.78, 5) is 22.0. The normalized spacial score (nSPS) is 10.6. The molecule has 0 aliphatic rings. The molecular formula is C13H15ClN4O4. The molecule has 22 heavy (non-hydrogen) atoms. The zero-order valence-electron chi connectivity index (χ0n) is 11.6. The Morgan fingerprint density at radius 2 is 2.23 bits per heavy atom. The summed E-state index contributed by atoms with van der Waals surface area (Å²) in [7, 11) is 0. The van der Waals surface area contributed by atoms with Gasteiger partial charge in [0.05, 0.1) is 18.3 Å². The maximum absolute atomic E-state index is 11.5. The number of carbonyl (C=O) groups excluding carboxylic acids is 2. The molecule has 1 aromatic carbocycles. The van der Waals surface area contributed by atoms with Gasteiger partial charge in [0.25, 0.3) is 0 Å². The Hall–Kier alpha value is -2.48. The fourth-order valence-electron chi connectivity index (χ4n) is 2.02. The third-order valence-corrected chi connectivity index (χ3v) is 3.17. The molecule has 4 N–H and O–H groups in total. The Morgan fingerprint density at radius 1 is 1.45 bits per heavy atom. The summed E-state index contributed by atoms with van der Waals surface area (Å²) in [5.41, 5.74) is 5.69. The molecule has 1 heterocycles. The number of nitrogens with one attached hydrogen (secondary N) is 1. The molecule has 0 saturated heterocycles. The van der Waals surface area contributed by atoms with E-state index in [9.17, 15) is 14.7 Å². The van der Waals surface area contributed by atoms with Crippen LogP contribution >= 0.6 is 11.6 Å². The third kappa shape index (κ3) is 3.59. The van der Waals surface area contributed by atoms with Crippen molar-refractivity contribution in [3.05, 3.63) is 18.3 Å². The van der Waals surface area contributed by atoms with Gasteiger partial charge in [-0.15, -0.1) is 11.6 Å². The number of halogens is 1. The predicted octanol–water partition coefficient (Wildman–Crippen LogP) is 1.40. The van der Waals surface area contributed by atoms with E-state index in [1.165, 1.54) is 6.07 Å². The molecule has 0 aliphatic carbocycles. The number of hydrogen-bond acceptors (Lipinski definition) is 5. The van der Waals surface area contributed by atoms with E-state index in [-0.39, 0.29) is 23.9 Å². The van der Waals surface area contributed by atoms with E-state index in [0.717, 1.165) is 5.39 Å². The van der Waals surface area contributed by atoms with E-state index in [1.54, 1.807) is 16.9 Å². The number of nitrogens with zero attached hydrogens (tertiary/aromatic N) is 2. The first-order valence-corrected chi connectivity index (χ1v) is 7.02. The van der Waals surface area contributed by atoms with E-state index < -0.39 is 12.0 Å². The zero-order valence-corrected chi connectivity index (χ0v) is 12.3. The van der Waals surface area contributed by atoms with E-state index in [2.05, 4.69) is 15.2 Å². The van der Waals surface area contributed by atoms with E-state index in [0.29, 0.717) is 18.5 Å². The SMILES string of the molecule is NC(=O)OCCCn1ncc2ccc(O)c(NC(=O)CCl)c21. The van der Waals surface area contributed by atoms with Crippen molar-refractivity contribution in [2.75, 3.05) is 17.8 Å². The van der Waals surface area contributed by atoms with Gasteiger partial charge in [-0.2, -0.15) is 5.10 Å². The second-order valence-electron chi connectivity index (χ2n) is 4.47. The number of fused-ring (bicyclic) bond motifs is 1. The van der Waals surface area contributed by atoms with Gasteiger partial charge in [0.15, 0.2) is 0 Å². The molecule has 0 spiro atoms. The Balaban J connectivity index is 2.25. The average Bonchev–Trinajstić information content (AvgIpc) is 2.89. The number of rotatable bonds is 6. The molecule has 0 saturated carbocycles. The first-order valence-electron chi connectivity index (χ1n) is 6.48. The molecule has 0 aliphatic heterocycles. The summed E-state index contributed by atoms with van der Waals surface area (Å²) in [6.45, 7) is 0.572. The number of ether oxygens (including phenoxy) is 1. The molecule has 0 bridgehead atoms. The Morgan fingerprint density at radius 3 is 2.91 bits per heavy atom. The summed E-state index contributed by atoms with van der Waals surface area (Å²) < 4.78 is 6.25. The predicted molar refractivity (Wildman–Crippen MR) is 80.9 cm³/mol. The lowest BCUT2D eigenvalue weighted by Crippen LogP contribution is -2.16. The minimum Gasteiger partial charge on any atom is -0.506 e. The molecule has 2 amide bonds. The van der Waals surface area contributed by atoms with Crippen LogP contribution < -0.4 is 11.1 Å². The summed E-state index contributed by atoms with van der Waals surface area (Å²) in [5, 5.41) is 17.5. The van der Waals surface area contributed by atoms with Gasteiger partial charge >= 0.3 is 6.09 Å². The number of aryl methyl sites for hydroxylation is 1. The van der Waals surface area contributed by atoms with Crippen LogP contribution in [0, 0.1) is 0 Å². The molecule has 8 nitrogen and oxygen atoms in total. The van der Waals surface area contributed by atoms with Gasteiger partial charge in [0.1, 0.15) is 17.3 Å². The second kappa shape index (κ2) is 6.99. The maximum Gasteiger partial charge on any atom is 0.404 e. The molecule has 2 aromatic rings. The lowest BCUT2D eigenvalue weighted by molar-refractivity contribution is -0.113. The number of phenolic OH excluding ortho intramolecular Hbond substituents is 1. The minimum absolute atomic E-state index is 0.0823. The van der Waals surface area contributed by atoms with E-state index in [4.69, 9.17) is 17.3 Å². The highest BCUT2D eigenvalue weighted by Crippen LogP contribution is 2.32. The largest absolute Gasteiger partial charge is 0.506 e. The summed E-state index contributed by atoms with van der Waals surface area (Å²) in [6, 6.07) is 3.15. The topological polar surface area (TPSA) is 119 Å². The standard InChI is InChI=1S/C13H15ClN4O4/c14-6-10(20)17-11-9(19)3-2-8-7-16-18(12(8)11)4-1-5-22-13(15)21/h2-3,7,19H,1,4-6H2,(H2,15,21)(H,17,20). The first-order chi connectivity index (χ1) is 10.5. The summed E-state index contributed by atoms with van der Waals surface area (Å²) in [6.07, 6.45) is 1.26. The number of amides is 2. The van der Waals surface area contributed by atoms with Crippen molar-refractivity contribution in [1.82, 2.24) is 9.78 Å². The van der Waals surface area contributed by atoms with Gasteiger partial charge in [-0.1, -0.05) is 0 Å². The first kappa shape index (κ1) is 15.9. The lowest BCUT2D eigenvalue weighted by Gasteiger charge is -2.11. The number of carbonyl (C=O) groups is 2. The molecule has 1 aromatic heterocycles. The number of primary amides is 1. The smallest absolute Gasteiger partial charge is 0.404 e. The Labute approximate surface area is 130 Å².